The van der Waals surface area contributed by atoms with Crippen molar-refractivity contribution in [2.75, 3.05) is 0 Å². The summed E-state index contributed by atoms with van der Waals surface area (Å²) in [7, 11) is 2.39. The highest BCUT2D eigenvalue weighted by Gasteiger charge is 2.12. The van der Waals surface area contributed by atoms with Crippen LogP contribution in [0.15, 0.2) is 48.2 Å². The molecule has 0 bridgehead atoms. The molecule has 0 aliphatic heterocycles. The van der Waals surface area contributed by atoms with Gasteiger partial charge in [-0.3, -0.25) is 4.79 Å². The third-order valence-electron chi connectivity index (χ3n) is 5.05. The van der Waals surface area contributed by atoms with Crippen LogP contribution >= 0.6 is 11.3 Å². The molecule has 0 spiro atoms. The number of nitrogens with one attached hydrogen (secondary N) is 2. The van der Waals surface area contributed by atoms with Crippen LogP contribution in [0.2, 0.25) is 12.6 Å². The van der Waals surface area contributed by atoms with E-state index in [0.717, 1.165) is 45.1 Å². The zero-order valence-corrected chi connectivity index (χ0v) is 24.4. The summed E-state index contributed by atoms with van der Waals surface area (Å²) in [5.74, 6) is 0. The van der Waals surface area contributed by atoms with Gasteiger partial charge in [-0.1, -0.05) is 104 Å². The molecule has 0 saturated heterocycles. The molecule has 0 saturated carbocycles. The van der Waals surface area contributed by atoms with Gasteiger partial charge >= 0.3 is 0 Å². The number of nitrogens with zero attached hydrogens (tertiary/aromatic N) is 1. The molecule has 2 rings (SSSR count). The highest BCUT2D eigenvalue weighted by atomic mass is 32.1. The molecular formula is C30H47BN3OS. The number of aromatic amines is 1. The number of unbranched alkanes of at least 4 members (excludes halogenated alkanes) is 1. The first-order valence-electron chi connectivity index (χ1n) is 13.3. The number of H-pyrrole nitrogens is 1. The second-order valence-electron chi connectivity index (χ2n) is 8.49. The summed E-state index contributed by atoms with van der Waals surface area (Å²) < 4.78 is 0. The van der Waals surface area contributed by atoms with Crippen LogP contribution < -0.4 is 5.32 Å². The summed E-state index contributed by atoms with van der Waals surface area (Å²) in [5, 5.41) is 5.63. The molecule has 2 heterocycles. The standard InChI is InChI=1S/C20H23N3OS.C7H16B.C3H8/c1-5-7-8-17-15(4)22-11-18(17)19-12-25-20(23-19)14(3)9-16(6-2)10-21-13-24;1-3-5-7-8-6-4-2;1-3-2/h5,7-13,22H,1,6H2,2-4H3,(H,21,24);3-7H2,1-2H3;3H2,1-2H3/b8-7-,14-9+,16-10-;;. The van der Waals surface area contributed by atoms with Crippen LogP contribution in [0.25, 0.3) is 22.9 Å². The second kappa shape index (κ2) is 21.7. The molecule has 1 radical (unpaired) electrons. The molecule has 2 aromatic rings. The molecule has 0 aliphatic carbocycles. The number of hydrogen-bond donors (Lipinski definition) is 2. The zero-order chi connectivity index (χ0) is 27.2. The van der Waals surface area contributed by atoms with E-state index in [1.807, 2.05) is 32.2 Å². The predicted octanol–water partition coefficient (Wildman–Crippen LogP) is 9.24. The van der Waals surface area contributed by atoms with Crippen LogP contribution in [0.5, 0.6) is 0 Å². The largest absolute Gasteiger partial charge is 0.364 e. The van der Waals surface area contributed by atoms with Gasteiger partial charge in [-0.2, -0.15) is 0 Å². The van der Waals surface area contributed by atoms with Crippen molar-refractivity contribution in [3.8, 4) is 11.3 Å². The fraction of sp³-hybridized carbons (Fsp3) is 0.467. The van der Waals surface area contributed by atoms with Gasteiger partial charge in [0.1, 0.15) is 12.3 Å². The van der Waals surface area contributed by atoms with Gasteiger partial charge in [-0.15, -0.1) is 11.3 Å². The molecule has 197 valence electrons. The van der Waals surface area contributed by atoms with Gasteiger partial charge < -0.3 is 10.3 Å². The lowest BCUT2D eigenvalue weighted by atomic mass is 9.69. The van der Waals surface area contributed by atoms with Crippen molar-refractivity contribution in [2.45, 2.75) is 93.2 Å². The number of aromatic nitrogens is 2. The molecule has 36 heavy (non-hydrogen) atoms. The zero-order valence-electron chi connectivity index (χ0n) is 23.6. The topological polar surface area (TPSA) is 57.8 Å². The van der Waals surface area contributed by atoms with E-state index in [1.165, 1.54) is 38.3 Å². The summed E-state index contributed by atoms with van der Waals surface area (Å²) in [5.41, 5.74) is 6.39. The van der Waals surface area contributed by atoms with Gasteiger partial charge in [0, 0.05) is 34.6 Å². The Balaban J connectivity index is 0.000000936. The Hall–Kier alpha value is -2.60. The van der Waals surface area contributed by atoms with Crippen molar-refractivity contribution in [1.29, 1.82) is 0 Å². The van der Waals surface area contributed by atoms with Crippen LogP contribution in [0.1, 0.15) is 89.9 Å². The number of hydrogen-bond acceptors (Lipinski definition) is 3. The van der Waals surface area contributed by atoms with Crippen LogP contribution in [0.4, 0.5) is 0 Å². The number of aryl methyl sites for hydroxylation is 1. The lowest BCUT2D eigenvalue weighted by molar-refractivity contribution is -0.108. The molecule has 2 N–H and O–H groups in total. The van der Waals surface area contributed by atoms with E-state index in [0.29, 0.717) is 6.41 Å². The first-order chi connectivity index (χ1) is 17.4. The fourth-order valence-corrected chi connectivity index (χ4v) is 3.93. The Morgan fingerprint density at radius 3 is 2.50 bits per heavy atom. The molecule has 6 heteroatoms. The van der Waals surface area contributed by atoms with Gasteiger partial charge in [-0.05, 0) is 31.4 Å². The first-order valence-corrected chi connectivity index (χ1v) is 14.1. The van der Waals surface area contributed by atoms with E-state index in [1.54, 1.807) is 23.6 Å². The highest BCUT2D eigenvalue weighted by molar-refractivity contribution is 7.11. The highest BCUT2D eigenvalue weighted by Crippen LogP contribution is 2.31. The third-order valence-corrected chi connectivity index (χ3v) is 6.02. The number of allylic oxidation sites excluding steroid dienone is 5. The maximum Gasteiger partial charge on any atom is 0.211 e. The molecule has 4 nitrogen and oxygen atoms in total. The maximum atomic E-state index is 10.4. The summed E-state index contributed by atoms with van der Waals surface area (Å²) in [6.07, 6.45) is 20.9. The number of carbonyl (C=O) groups excluding carboxylic acids is 1. The Morgan fingerprint density at radius 1 is 1.19 bits per heavy atom. The minimum Gasteiger partial charge on any atom is -0.364 e. The summed E-state index contributed by atoms with van der Waals surface area (Å²) in [4.78, 5) is 18.5. The monoisotopic (exact) mass is 508 g/mol. The first kappa shape index (κ1) is 33.4. The van der Waals surface area contributed by atoms with Gasteiger partial charge in [0.2, 0.25) is 6.41 Å². The van der Waals surface area contributed by atoms with E-state index >= 15 is 0 Å². The Bertz CT molecular complexity index is 947. The summed E-state index contributed by atoms with van der Waals surface area (Å²) in [6.45, 7) is 18.6. The fourth-order valence-electron chi connectivity index (χ4n) is 3.13. The lowest BCUT2D eigenvalue weighted by Crippen LogP contribution is -2.00. The Morgan fingerprint density at radius 2 is 1.92 bits per heavy atom. The van der Waals surface area contributed by atoms with Crippen molar-refractivity contribution in [3.63, 3.8) is 0 Å². The van der Waals surface area contributed by atoms with Crippen molar-refractivity contribution in [3.05, 3.63) is 64.4 Å². The van der Waals surface area contributed by atoms with E-state index in [-0.39, 0.29) is 0 Å². The lowest BCUT2D eigenvalue weighted by Gasteiger charge is -2.00. The molecule has 0 aliphatic rings. The average Bonchev–Trinajstić information content (AvgIpc) is 3.51. The Labute approximate surface area is 225 Å². The van der Waals surface area contributed by atoms with Crippen LogP contribution in [-0.2, 0) is 4.79 Å². The smallest absolute Gasteiger partial charge is 0.211 e. The van der Waals surface area contributed by atoms with E-state index in [4.69, 9.17) is 4.98 Å². The molecule has 0 unspecified atom stereocenters. The average molecular weight is 509 g/mol. The maximum absolute atomic E-state index is 10.4. The predicted molar refractivity (Wildman–Crippen MR) is 164 cm³/mol. The van der Waals surface area contributed by atoms with Crippen molar-refractivity contribution < 1.29 is 4.79 Å². The minimum atomic E-state index is 0.673. The summed E-state index contributed by atoms with van der Waals surface area (Å²) >= 11 is 1.62. The van der Waals surface area contributed by atoms with Crippen LogP contribution in [0.3, 0.4) is 0 Å². The van der Waals surface area contributed by atoms with Crippen LogP contribution in [0, 0.1) is 6.92 Å². The van der Waals surface area contributed by atoms with Gasteiger partial charge in [0.25, 0.3) is 0 Å². The van der Waals surface area contributed by atoms with Gasteiger partial charge in [0.15, 0.2) is 0 Å². The molecule has 0 aromatic carbocycles. The molecule has 1 amide bonds. The van der Waals surface area contributed by atoms with Gasteiger partial charge in [0.05, 0.1) is 5.69 Å². The minimum absolute atomic E-state index is 0.673. The van der Waals surface area contributed by atoms with Crippen molar-refractivity contribution in [1.82, 2.24) is 15.3 Å². The quantitative estimate of drug-likeness (QED) is 0.123. The number of carbonyl (C=O) groups is 1. The molecule has 2 aromatic heterocycles. The molecular weight excluding hydrogens is 461 g/mol. The summed E-state index contributed by atoms with van der Waals surface area (Å²) in [6, 6.07) is 0. The molecule has 0 atom stereocenters. The normalized spacial score (nSPS) is 11.3. The SMILES string of the molecule is C=C/C=C\c1c(-c2csc(/C(C)=C/C(=C\NC=O)CC)n2)c[nH]c1C.CCC.CCC[B]CCCC. The number of thiazole rings is 1. The molecule has 0 fully saturated rings. The van der Waals surface area contributed by atoms with Crippen molar-refractivity contribution in [2.24, 2.45) is 0 Å². The van der Waals surface area contributed by atoms with Crippen LogP contribution in [-0.4, -0.2) is 23.7 Å². The van der Waals surface area contributed by atoms with Gasteiger partial charge in [-0.25, -0.2) is 4.98 Å². The third kappa shape index (κ3) is 13.5. The number of amides is 1. The van der Waals surface area contributed by atoms with E-state index < -0.39 is 0 Å². The van der Waals surface area contributed by atoms with E-state index in [2.05, 4.69) is 70.2 Å². The number of rotatable bonds is 13. The second-order valence-corrected chi connectivity index (χ2v) is 9.34. The van der Waals surface area contributed by atoms with Crippen molar-refractivity contribution >= 4 is 36.7 Å². The van der Waals surface area contributed by atoms with E-state index in [9.17, 15) is 4.79 Å². The Kier molecular flexibility index (Phi) is 20.1.